The summed E-state index contributed by atoms with van der Waals surface area (Å²) >= 11 is 1.82. The van der Waals surface area contributed by atoms with Crippen molar-refractivity contribution in [3.05, 3.63) is 22.4 Å². The number of unbranched alkanes of at least 4 members (excludes halogenated alkanes) is 1. The van der Waals surface area contributed by atoms with Gasteiger partial charge in [0.15, 0.2) is 0 Å². The first-order chi connectivity index (χ1) is 9.49. The van der Waals surface area contributed by atoms with Crippen LogP contribution in [0.2, 0.25) is 0 Å². The Labute approximate surface area is 126 Å². The molecule has 0 bridgehead atoms. The molecule has 0 unspecified atom stereocenters. The molecule has 114 valence electrons. The molecule has 3 N–H and O–H groups in total. The average Bonchev–Trinajstić information content (AvgIpc) is 2.94. The lowest BCUT2D eigenvalue weighted by atomic mass is 9.86. The highest BCUT2D eigenvalue weighted by Gasteiger charge is 2.22. The Morgan fingerprint density at radius 1 is 1.45 bits per heavy atom. The van der Waals surface area contributed by atoms with Gasteiger partial charge in [0.1, 0.15) is 5.84 Å². The van der Waals surface area contributed by atoms with Gasteiger partial charge in [0.05, 0.1) is 0 Å². The normalized spacial score (nSPS) is 13.1. The second kappa shape index (κ2) is 8.27. The van der Waals surface area contributed by atoms with Crippen molar-refractivity contribution in [1.29, 1.82) is 0 Å². The largest absolute Gasteiger partial charge is 0.409 e. The van der Waals surface area contributed by atoms with Gasteiger partial charge in [-0.3, -0.25) is 4.90 Å². The molecule has 0 atom stereocenters. The number of amidine groups is 1. The highest BCUT2D eigenvalue weighted by Crippen LogP contribution is 2.23. The molecule has 1 heterocycles. The molecule has 0 spiro atoms. The van der Waals surface area contributed by atoms with Gasteiger partial charge in [0.2, 0.25) is 0 Å². The van der Waals surface area contributed by atoms with Crippen LogP contribution >= 0.6 is 11.3 Å². The summed E-state index contributed by atoms with van der Waals surface area (Å²) in [6.45, 7) is 9.45. The molecule has 1 aromatic heterocycles. The van der Waals surface area contributed by atoms with Gasteiger partial charge in [0, 0.05) is 16.8 Å². The van der Waals surface area contributed by atoms with Crippen molar-refractivity contribution in [1.82, 2.24) is 4.90 Å². The highest BCUT2D eigenvalue weighted by atomic mass is 32.1. The Balaban J connectivity index is 2.28. The molecule has 1 rings (SSSR count). The van der Waals surface area contributed by atoms with Gasteiger partial charge in [-0.15, -0.1) is 11.3 Å². The first-order valence-electron chi connectivity index (χ1n) is 7.22. The van der Waals surface area contributed by atoms with Crippen LogP contribution in [0, 0.1) is 5.41 Å². The Morgan fingerprint density at radius 3 is 2.75 bits per heavy atom. The van der Waals surface area contributed by atoms with Crippen molar-refractivity contribution in [2.45, 2.75) is 46.6 Å². The molecule has 0 saturated carbocycles. The van der Waals surface area contributed by atoms with Gasteiger partial charge in [-0.25, -0.2) is 0 Å². The summed E-state index contributed by atoms with van der Waals surface area (Å²) in [5, 5.41) is 14.0. The summed E-state index contributed by atoms with van der Waals surface area (Å²) in [5.41, 5.74) is 5.48. The van der Waals surface area contributed by atoms with Gasteiger partial charge in [0.25, 0.3) is 0 Å². The molecule has 0 radical (unpaired) electrons. The van der Waals surface area contributed by atoms with Gasteiger partial charge in [-0.1, -0.05) is 38.4 Å². The molecule has 0 aliphatic rings. The van der Waals surface area contributed by atoms with E-state index in [-0.39, 0.29) is 5.41 Å². The van der Waals surface area contributed by atoms with Gasteiger partial charge >= 0.3 is 0 Å². The second-order valence-corrected chi connectivity index (χ2v) is 6.81. The Hall–Kier alpha value is -1.07. The molecule has 5 heteroatoms. The second-order valence-electron chi connectivity index (χ2n) is 5.77. The lowest BCUT2D eigenvalue weighted by Gasteiger charge is -2.24. The smallest absolute Gasteiger partial charge is 0.144 e. The molecule has 0 saturated heterocycles. The third-order valence-electron chi connectivity index (χ3n) is 3.73. The van der Waals surface area contributed by atoms with Crippen molar-refractivity contribution < 1.29 is 5.21 Å². The van der Waals surface area contributed by atoms with Crippen LogP contribution in [0.25, 0.3) is 0 Å². The van der Waals surface area contributed by atoms with E-state index in [0.29, 0.717) is 5.84 Å². The fraction of sp³-hybridized carbons (Fsp3) is 0.667. The fourth-order valence-corrected chi connectivity index (χ4v) is 2.88. The van der Waals surface area contributed by atoms with E-state index in [4.69, 9.17) is 10.9 Å². The van der Waals surface area contributed by atoms with E-state index >= 15 is 0 Å². The predicted molar refractivity (Wildman–Crippen MR) is 86.3 cm³/mol. The molecule has 20 heavy (non-hydrogen) atoms. The van der Waals surface area contributed by atoms with E-state index in [1.54, 1.807) is 0 Å². The van der Waals surface area contributed by atoms with Crippen LogP contribution in [0.5, 0.6) is 0 Å². The van der Waals surface area contributed by atoms with Crippen LogP contribution in [0.4, 0.5) is 0 Å². The van der Waals surface area contributed by atoms with E-state index in [1.165, 1.54) is 4.88 Å². The van der Waals surface area contributed by atoms with E-state index < -0.39 is 0 Å². The van der Waals surface area contributed by atoms with E-state index in [2.05, 4.69) is 34.5 Å². The zero-order valence-electron chi connectivity index (χ0n) is 12.8. The van der Waals surface area contributed by atoms with Crippen molar-refractivity contribution in [2.24, 2.45) is 16.3 Å². The topological polar surface area (TPSA) is 61.8 Å². The van der Waals surface area contributed by atoms with E-state index in [0.717, 1.165) is 38.9 Å². The zero-order chi connectivity index (χ0) is 15.0. The molecule has 0 aromatic carbocycles. The lowest BCUT2D eigenvalue weighted by molar-refractivity contribution is 0.268. The minimum atomic E-state index is -0.223. The third kappa shape index (κ3) is 5.51. The van der Waals surface area contributed by atoms with Crippen LogP contribution in [0.15, 0.2) is 22.7 Å². The van der Waals surface area contributed by atoms with Gasteiger partial charge < -0.3 is 10.9 Å². The molecule has 1 aromatic rings. The van der Waals surface area contributed by atoms with Crippen molar-refractivity contribution in [2.75, 3.05) is 13.1 Å². The zero-order valence-corrected chi connectivity index (χ0v) is 13.6. The van der Waals surface area contributed by atoms with Crippen molar-refractivity contribution >= 4 is 17.2 Å². The highest BCUT2D eigenvalue weighted by molar-refractivity contribution is 7.09. The summed E-state index contributed by atoms with van der Waals surface area (Å²) in [7, 11) is 0. The Kier molecular flexibility index (Phi) is 7.02. The standard InChI is InChI=1S/C15H27N3OS/c1-4-18(12-13-8-7-11-20-13)10-6-5-9-15(2,3)14(16)17-19/h7-8,11,19H,4-6,9-10,12H2,1-3H3,(H2,16,17). The summed E-state index contributed by atoms with van der Waals surface area (Å²) in [6.07, 6.45) is 3.17. The minimum absolute atomic E-state index is 0.223. The lowest BCUT2D eigenvalue weighted by Crippen LogP contribution is -2.32. The van der Waals surface area contributed by atoms with Crippen LogP contribution in [0.1, 0.15) is 44.9 Å². The summed E-state index contributed by atoms with van der Waals surface area (Å²) in [6, 6.07) is 4.29. The molecular formula is C15H27N3OS. The Bertz CT molecular complexity index is 401. The van der Waals surface area contributed by atoms with Crippen molar-refractivity contribution in [3.63, 3.8) is 0 Å². The first-order valence-corrected chi connectivity index (χ1v) is 8.10. The fourth-order valence-electron chi connectivity index (χ4n) is 2.14. The summed E-state index contributed by atoms with van der Waals surface area (Å²) in [5.74, 6) is 0.323. The maximum absolute atomic E-state index is 8.75. The molecule has 0 aliphatic heterocycles. The van der Waals surface area contributed by atoms with Crippen LogP contribution in [0.3, 0.4) is 0 Å². The summed E-state index contributed by atoms with van der Waals surface area (Å²) in [4.78, 5) is 3.88. The predicted octanol–water partition coefficient (Wildman–Crippen LogP) is 3.51. The minimum Gasteiger partial charge on any atom is -0.409 e. The number of nitrogens with zero attached hydrogens (tertiary/aromatic N) is 2. The molecule has 4 nitrogen and oxygen atoms in total. The number of oxime groups is 1. The summed E-state index contributed by atoms with van der Waals surface area (Å²) < 4.78 is 0. The Morgan fingerprint density at radius 2 is 2.20 bits per heavy atom. The molecule has 0 amide bonds. The first kappa shape index (κ1) is 17.0. The molecule has 0 fully saturated rings. The monoisotopic (exact) mass is 297 g/mol. The maximum Gasteiger partial charge on any atom is 0.144 e. The number of hydrogen-bond donors (Lipinski definition) is 2. The quantitative estimate of drug-likeness (QED) is 0.241. The third-order valence-corrected chi connectivity index (χ3v) is 4.60. The van der Waals surface area contributed by atoms with Gasteiger partial charge in [-0.2, -0.15) is 0 Å². The number of thiophene rings is 1. The van der Waals surface area contributed by atoms with Crippen LogP contribution in [-0.4, -0.2) is 29.0 Å². The van der Waals surface area contributed by atoms with Crippen molar-refractivity contribution in [3.8, 4) is 0 Å². The van der Waals surface area contributed by atoms with E-state index in [9.17, 15) is 0 Å². The van der Waals surface area contributed by atoms with Crippen LogP contribution in [-0.2, 0) is 6.54 Å². The number of hydrogen-bond acceptors (Lipinski definition) is 4. The average molecular weight is 297 g/mol. The SMILES string of the molecule is CCN(CCCCC(C)(C)/C(N)=N/O)Cc1cccs1. The van der Waals surface area contributed by atoms with Gasteiger partial charge in [-0.05, 0) is 37.4 Å². The number of rotatable bonds is 9. The molecule has 0 aliphatic carbocycles. The maximum atomic E-state index is 8.75. The van der Waals surface area contributed by atoms with E-state index in [1.807, 2.05) is 25.2 Å². The molecular weight excluding hydrogens is 270 g/mol. The number of nitrogens with two attached hydrogens (primary N) is 1. The van der Waals surface area contributed by atoms with Crippen LogP contribution < -0.4 is 5.73 Å².